The van der Waals surface area contributed by atoms with Gasteiger partial charge in [-0.1, -0.05) is 30.3 Å². The largest absolute Gasteiger partial charge is 0.378 e. The molecule has 1 unspecified atom stereocenters. The van der Waals surface area contributed by atoms with Gasteiger partial charge in [-0.2, -0.15) is 0 Å². The molecule has 0 saturated carbocycles. The van der Waals surface area contributed by atoms with Crippen LogP contribution in [0, 0.1) is 0 Å². The van der Waals surface area contributed by atoms with E-state index in [4.69, 9.17) is 0 Å². The molecule has 4 heteroatoms. The molecule has 0 spiro atoms. The molecule has 0 aliphatic carbocycles. The fraction of sp³-hybridized carbons (Fsp3) is 0.348. The van der Waals surface area contributed by atoms with Gasteiger partial charge in [-0.25, -0.2) is 0 Å². The smallest absolute Gasteiger partial charge is 0.0705 e. The molecule has 1 fully saturated rings. The van der Waals surface area contributed by atoms with Crippen molar-refractivity contribution in [1.82, 2.24) is 15.2 Å². The van der Waals surface area contributed by atoms with E-state index in [9.17, 15) is 0 Å². The van der Waals surface area contributed by atoms with Gasteiger partial charge in [0.25, 0.3) is 0 Å². The van der Waals surface area contributed by atoms with E-state index in [0.717, 1.165) is 31.7 Å². The number of anilines is 1. The molecule has 3 aromatic rings. The summed E-state index contributed by atoms with van der Waals surface area (Å²) >= 11 is 0. The third kappa shape index (κ3) is 3.82. The summed E-state index contributed by atoms with van der Waals surface area (Å²) in [5.41, 5.74) is 4.99. The molecule has 27 heavy (non-hydrogen) atoms. The van der Waals surface area contributed by atoms with Gasteiger partial charge < -0.3 is 10.2 Å². The van der Waals surface area contributed by atoms with Gasteiger partial charge in [0.2, 0.25) is 0 Å². The molecule has 1 aliphatic heterocycles. The van der Waals surface area contributed by atoms with Gasteiger partial charge in [0, 0.05) is 51.0 Å². The molecule has 1 aliphatic rings. The standard InChI is InChI=1S/C23H28N4/c1-26(2)19-10-8-18(9-11-19)23(27-16-5-13-24-15-17-27)21-12-14-25-22-7-4-3-6-20(21)22/h3-4,6-12,14,23-24H,5,13,15-17H2,1-2H3. The van der Waals surface area contributed by atoms with Crippen LogP contribution >= 0.6 is 0 Å². The zero-order valence-electron chi connectivity index (χ0n) is 16.2. The molecular weight excluding hydrogens is 332 g/mol. The maximum absolute atomic E-state index is 4.58. The number of nitrogens with one attached hydrogen (secondary N) is 1. The van der Waals surface area contributed by atoms with E-state index in [1.54, 1.807) is 0 Å². The number of hydrogen-bond acceptors (Lipinski definition) is 4. The number of nitrogens with zero attached hydrogens (tertiary/aromatic N) is 3. The van der Waals surface area contributed by atoms with E-state index in [1.807, 2.05) is 6.20 Å². The van der Waals surface area contributed by atoms with E-state index >= 15 is 0 Å². The quantitative estimate of drug-likeness (QED) is 0.769. The van der Waals surface area contributed by atoms with Crippen LogP contribution in [-0.4, -0.2) is 50.2 Å². The molecule has 2 aromatic carbocycles. The first-order valence-corrected chi connectivity index (χ1v) is 9.80. The van der Waals surface area contributed by atoms with Gasteiger partial charge in [0.1, 0.15) is 0 Å². The van der Waals surface area contributed by atoms with Crippen molar-refractivity contribution in [3.63, 3.8) is 0 Å². The highest BCUT2D eigenvalue weighted by molar-refractivity contribution is 5.82. The second kappa shape index (κ2) is 8.07. The SMILES string of the molecule is CN(C)c1ccc(C(c2ccnc3ccccc23)N2CCCNCC2)cc1. The lowest BCUT2D eigenvalue weighted by Crippen LogP contribution is -2.33. The molecule has 140 valence electrons. The van der Waals surface area contributed by atoms with Crippen molar-refractivity contribution < 1.29 is 0 Å². The molecule has 0 amide bonds. The highest BCUT2D eigenvalue weighted by Gasteiger charge is 2.25. The van der Waals surface area contributed by atoms with Crippen LogP contribution in [0.1, 0.15) is 23.6 Å². The summed E-state index contributed by atoms with van der Waals surface area (Å²) < 4.78 is 0. The molecule has 2 heterocycles. The first-order valence-electron chi connectivity index (χ1n) is 9.80. The van der Waals surface area contributed by atoms with Crippen molar-refractivity contribution in [3.05, 3.63) is 71.9 Å². The lowest BCUT2D eigenvalue weighted by Gasteiger charge is -2.32. The molecule has 1 atom stereocenters. The molecule has 1 N–H and O–H groups in total. The number of pyridine rings is 1. The Morgan fingerprint density at radius 3 is 2.59 bits per heavy atom. The maximum atomic E-state index is 4.58. The van der Waals surface area contributed by atoms with Crippen LogP contribution in [0.5, 0.6) is 0 Å². The van der Waals surface area contributed by atoms with Crippen molar-refractivity contribution in [1.29, 1.82) is 0 Å². The summed E-state index contributed by atoms with van der Waals surface area (Å²) in [4.78, 5) is 9.35. The summed E-state index contributed by atoms with van der Waals surface area (Å²) in [5, 5.41) is 4.78. The normalized spacial score (nSPS) is 16.8. The Balaban J connectivity index is 1.82. The van der Waals surface area contributed by atoms with Crippen LogP contribution in [0.25, 0.3) is 10.9 Å². The van der Waals surface area contributed by atoms with Crippen molar-refractivity contribution >= 4 is 16.6 Å². The number of para-hydroxylation sites is 1. The minimum atomic E-state index is 0.244. The summed E-state index contributed by atoms with van der Waals surface area (Å²) in [6, 6.07) is 20.0. The van der Waals surface area contributed by atoms with Gasteiger partial charge in [-0.15, -0.1) is 0 Å². The van der Waals surface area contributed by atoms with Crippen molar-refractivity contribution in [2.45, 2.75) is 12.5 Å². The lowest BCUT2D eigenvalue weighted by atomic mass is 9.93. The monoisotopic (exact) mass is 360 g/mol. The van der Waals surface area contributed by atoms with Gasteiger partial charge in [0.05, 0.1) is 11.6 Å². The van der Waals surface area contributed by atoms with E-state index in [0.29, 0.717) is 0 Å². The third-order valence-electron chi connectivity index (χ3n) is 5.44. The van der Waals surface area contributed by atoms with Crippen LogP contribution in [0.3, 0.4) is 0 Å². The molecule has 1 aromatic heterocycles. The van der Waals surface area contributed by atoms with Crippen LogP contribution < -0.4 is 10.2 Å². The van der Waals surface area contributed by atoms with E-state index in [-0.39, 0.29) is 6.04 Å². The molecular formula is C23H28N4. The number of hydrogen-bond donors (Lipinski definition) is 1. The number of rotatable bonds is 4. The lowest BCUT2D eigenvalue weighted by molar-refractivity contribution is 0.242. The van der Waals surface area contributed by atoms with Crippen LogP contribution in [0.4, 0.5) is 5.69 Å². The van der Waals surface area contributed by atoms with E-state index in [2.05, 4.69) is 88.8 Å². The number of benzene rings is 2. The molecule has 4 rings (SSSR count). The summed E-state index contributed by atoms with van der Waals surface area (Å²) in [6.07, 6.45) is 3.13. The molecule has 1 saturated heterocycles. The van der Waals surface area contributed by atoms with Gasteiger partial charge in [-0.3, -0.25) is 9.88 Å². The van der Waals surface area contributed by atoms with E-state index in [1.165, 1.54) is 28.6 Å². The van der Waals surface area contributed by atoms with Crippen LogP contribution in [0.15, 0.2) is 60.8 Å². The Bertz CT molecular complexity index is 875. The second-order valence-corrected chi connectivity index (χ2v) is 7.45. The highest BCUT2D eigenvalue weighted by Crippen LogP contribution is 2.34. The summed E-state index contributed by atoms with van der Waals surface area (Å²) in [7, 11) is 4.17. The van der Waals surface area contributed by atoms with Gasteiger partial charge >= 0.3 is 0 Å². The number of fused-ring (bicyclic) bond motifs is 1. The van der Waals surface area contributed by atoms with Gasteiger partial charge in [0.15, 0.2) is 0 Å². The van der Waals surface area contributed by atoms with Gasteiger partial charge in [-0.05, 0) is 48.4 Å². The minimum Gasteiger partial charge on any atom is -0.378 e. The van der Waals surface area contributed by atoms with Crippen molar-refractivity contribution in [2.75, 3.05) is 45.2 Å². The fourth-order valence-electron chi connectivity index (χ4n) is 4.02. The average molecular weight is 361 g/mol. The second-order valence-electron chi connectivity index (χ2n) is 7.45. The van der Waals surface area contributed by atoms with E-state index < -0.39 is 0 Å². The molecule has 4 nitrogen and oxygen atoms in total. The zero-order valence-corrected chi connectivity index (χ0v) is 16.2. The summed E-state index contributed by atoms with van der Waals surface area (Å²) in [6.45, 7) is 4.29. The number of aromatic nitrogens is 1. The Kier molecular flexibility index (Phi) is 5.37. The highest BCUT2D eigenvalue weighted by atomic mass is 15.2. The van der Waals surface area contributed by atoms with Crippen molar-refractivity contribution in [3.8, 4) is 0 Å². The Labute approximate surface area is 161 Å². The first kappa shape index (κ1) is 18.0. The average Bonchev–Trinajstić information content (AvgIpc) is 2.98. The third-order valence-corrected chi connectivity index (χ3v) is 5.44. The summed E-state index contributed by atoms with van der Waals surface area (Å²) in [5.74, 6) is 0. The predicted octanol–water partition coefficient (Wildman–Crippen LogP) is 3.69. The van der Waals surface area contributed by atoms with Crippen LogP contribution in [-0.2, 0) is 0 Å². The minimum absolute atomic E-state index is 0.244. The Morgan fingerprint density at radius 1 is 0.963 bits per heavy atom. The Hall–Kier alpha value is -2.43. The maximum Gasteiger partial charge on any atom is 0.0705 e. The molecule has 0 bridgehead atoms. The van der Waals surface area contributed by atoms with Crippen LogP contribution in [0.2, 0.25) is 0 Å². The predicted molar refractivity (Wildman–Crippen MR) is 113 cm³/mol. The topological polar surface area (TPSA) is 31.4 Å². The first-order chi connectivity index (χ1) is 13.2. The zero-order chi connectivity index (χ0) is 18.6. The fourth-order valence-corrected chi connectivity index (χ4v) is 4.02. The Morgan fingerprint density at radius 2 is 1.78 bits per heavy atom. The van der Waals surface area contributed by atoms with Crippen molar-refractivity contribution in [2.24, 2.45) is 0 Å². The molecule has 0 radical (unpaired) electrons.